The van der Waals surface area contributed by atoms with E-state index in [-0.39, 0.29) is 30.4 Å². The number of amides is 2. The molecule has 22 heavy (non-hydrogen) atoms. The van der Waals surface area contributed by atoms with Gasteiger partial charge in [-0.25, -0.2) is 0 Å². The van der Waals surface area contributed by atoms with Gasteiger partial charge in [0.05, 0.1) is 13.1 Å². The minimum absolute atomic E-state index is 0.0530. The molecule has 126 valence electrons. The fourth-order valence-electron chi connectivity index (χ4n) is 2.68. The molecule has 0 radical (unpaired) electrons. The first-order valence-corrected chi connectivity index (χ1v) is 8.22. The van der Waals surface area contributed by atoms with Crippen LogP contribution in [0.5, 0.6) is 0 Å². The summed E-state index contributed by atoms with van der Waals surface area (Å²) in [5.41, 5.74) is 0.899. The second-order valence-electron chi connectivity index (χ2n) is 7.05. The molecule has 1 N–H and O–H groups in total. The topological polar surface area (TPSA) is 52.7 Å². The molecule has 0 aromatic rings. The van der Waals surface area contributed by atoms with Crippen LogP contribution in [0.25, 0.3) is 0 Å². The molecule has 0 heterocycles. The van der Waals surface area contributed by atoms with Gasteiger partial charge in [-0.3, -0.25) is 14.5 Å². The number of hydrogen-bond donors (Lipinski definition) is 1. The number of likely N-dealkylation sites (N-methyl/N-ethyl adjacent to an activating group) is 2. The third-order valence-corrected chi connectivity index (χ3v) is 3.56. The molecule has 2 amide bonds. The van der Waals surface area contributed by atoms with E-state index in [1.54, 1.807) is 4.90 Å². The Morgan fingerprint density at radius 2 is 1.91 bits per heavy atom. The Balaban J connectivity index is 2.51. The number of rotatable bonds is 6. The fourth-order valence-corrected chi connectivity index (χ4v) is 2.68. The van der Waals surface area contributed by atoms with Gasteiger partial charge in [0.25, 0.3) is 0 Å². The Morgan fingerprint density at radius 1 is 1.23 bits per heavy atom. The van der Waals surface area contributed by atoms with Gasteiger partial charge in [0.15, 0.2) is 0 Å². The summed E-state index contributed by atoms with van der Waals surface area (Å²) in [5, 5.41) is 2.91. The first-order valence-electron chi connectivity index (χ1n) is 8.22. The zero-order valence-electron chi connectivity index (χ0n) is 14.7. The monoisotopic (exact) mass is 309 g/mol. The summed E-state index contributed by atoms with van der Waals surface area (Å²) in [4.78, 5) is 28.0. The molecule has 5 nitrogen and oxygen atoms in total. The van der Waals surface area contributed by atoms with Gasteiger partial charge >= 0.3 is 0 Å². The molecule has 1 aliphatic carbocycles. The SMILES string of the molecule is CCN(C(=O)CN(C)CC(=O)NC(C)(C)C)C1=CCCCC1. The number of nitrogens with zero attached hydrogens (tertiary/aromatic N) is 2. The van der Waals surface area contributed by atoms with Crippen LogP contribution in [0, 0.1) is 0 Å². The molecule has 0 saturated heterocycles. The van der Waals surface area contributed by atoms with Crippen molar-refractivity contribution in [3.63, 3.8) is 0 Å². The van der Waals surface area contributed by atoms with Crippen molar-refractivity contribution in [2.24, 2.45) is 0 Å². The van der Waals surface area contributed by atoms with Crippen molar-refractivity contribution in [3.05, 3.63) is 11.8 Å². The lowest BCUT2D eigenvalue weighted by atomic mass is 10.0. The highest BCUT2D eigenvalue weighted by atomic mass is 16.2. The van der Waals surface area contributed by atoms with Gasteiger partial charge in [-0.05, 0) is 60.4 Å². The zero-order chi connectivity index (χ0) is 16.8. The fraction of sp³-hybridized carbons (Fsp3) is 0.765. The highest BCUT2D eigenvalue weighted by Gasteiger charge is 2.21. The van der Waals surface area contributed by atoms with Crippen LogP contribution in [0.15, 0.2) is 11.8 Å². The smallest absolute Gasteiger partial charge is 0.240 e. The molecule has 1 aliphatic rings. The molecule has 0 aliphatic heterocycles. The summed E-state index contributed by atoms with van der Waals surface area (Å²) in [6.07, 6.45) is 6.58. The van der Waals surface area contributed by atoms with Gasteiger partial charge < -0.3 is 10.2 Å². The number of allylic oxidation sites excluding steroid dienone is 2. The van der Waals surface area contributed by atoms with E-state index >= 15 is 0 Å². The maximum atomic E-state index is 12.5. The van der Waals surface area contributed by atoms with Crippen molar-refractivity contribution < 1.29 is 9.59 Å². The Morgan fingerprint density at radius 3 is 2.41 bits per heavy atom. The Labute approximate surface area is 134 Å². The molecule has 1 rings (SSSR count). The molecular formula is C17H31N3O2. The van der Waals surface area contributed by atoms with E-state index in [0.717, 1.165) is 25.0 Å². The van der Waals surface area contributed by atoms with E-state index in [0.29, 0.717) is 6.54 Å². The molecule has 5 heteroatoms. The van der Waals surface area contributed by atoms with Crippen molar-refractivity contribution in [1.29, 1.82) is 0 Å². The lowest BCUT2D eigenvalue weighted by molar-refractivity contribution is -0.131. The summed E-state index contributed by atoms with van der Waals surface area (Å²) in [6, 6.07) is 0. The summed E-state index contributed by atoms with van der Waals surface area (Å²) < 4.78 is 0. The van der Waals surface area contributed by atoms with Gasteiger partial charge in [-0.1, -0.05) is 6.08 Å². The minimum atomic E-state index is -0.246. The molecule has 0 fully saturated rings. The number of hydrogen-bond acceptors (Lipinski definition) is 3. The molecule has 0 aromatic heterocycles. The van der Waals surface area contributed by atoms with E-state index in [9.17, 15) is 9.59 Å². The van der Waals surface area contributed by atoms with Crippen LogP contribution in [0.3, 0.4) is 0 Å². The van der Waals surface area contributed by atoms with E-state index in [1.165, 1.54) is 6.42 Å². The van der Waals surface area contributed by atoms with Crippen molar-refractivity contribution in [1.82, 2.24) is 15.1 Å². The van der Waals surface area contributed by atoms with Gasteiger partial charge in [-0.2, -0.15) is 0 Å². The maximum Gasteiger partial charge on any atom is 0.240 e. The van der Waals surface area contributed by atoms with Crippen molar-refractivity contribution in [3.8, 4) is 0 Å². The van der Waals surface area contributed by atoms with Gasteiger partial charge in [0.2, 0.25) is 11.8 Å². The van der Waals surface area contributed by atoms with E-state index in [2.05, 4.69) is 11.4 Å². The molecule has 0 atom stereocenters. The molecule has 0 aromatic carbocycles. The van der Waals surface area contributed by atoms with E-state index in [1.807, 2.05) is 39.6 Å². The number of carbonyl (C=O) groups is 2. The zero-order valence-corrected chi connectivity index (χ0v) is 14.7. The summed E-state index contributed by atoms with van der Waals surface area (Å²) >= 11 is 0. The lowest BCUT2D eigenvalue weighted by Gasteiger charge is -2.29. The predicted molar refractivity (Wildman–Crippen MR) is 89.3 cm³/mol. The van der Waals surface area contributed by atoms with Gasteiger partial charge in [-0.15, -0.1) is 0 Å². The molecule has 0 saturated carbocycles. The third-order valence-electron chi connectivity index (χ3n) is 3.56. The second kappa shape index (κ2) is 8.32. The van der Waals surface area contributed by atoms with Crippen LogP contribution in [0.4, 0.5) is 0 Å². The van der Waals surface area contributed by atoms with Crippen LogP contribution < -0.4 is 5.32 Å². The first-order chi connectivity index (χ1) is 10.2. The highest BCUT2D eigenvalue weighted by molar-refractivity contribution is 5.82. The first kappa shape index (κ1) is 18.7. The van der Waals surface area contributed by atoms with Crippen molar-refractivity contribution >= 4 is 11.8 Å². The largest absolute Gasteiger partial charge is 0.350 e. The van der Waals surface area contributed by atoms with Crippen LogP contribution >= 0.6 is 0 Å². The summed E-state index contributed by atoms with van der Waals surface area (Å²) in [5.74, 6) is 0.0180. The van der Waals surface area contributed by atoms with Gasteiger partial charge in [0, 0.05) is 17.8 Å². The van der Waals surface area contributed by atoms with Crippen molar-refractivity contribution in [2.45, 2.75) is 58.9 Å². The molecule has 0 unspecified atom stereocenters. The van der Waals surface area contributed by atoms with Gasteiger partial charge in [0.1, 0.15) is 0 Å². The standard InChI is InChI=1S/C17H31N3O2/c1-6-20(14-10-8-7-9-11-14)16(22)13-19(5)12-15(21)18-17(2,3)4/h10H,6-9,11-13H2,1-5H3,(H,18,21). The molecule has 0 bridgehead atoms. The van der Waals surface area contributed by atoms with Crippen LogP contribution in [0.1, 0.15) is 53.4 Å². The second-order valence-corrected chi connectivity index (χ2v) is 7.05. The van der Waals surface area contributed by atoms with Crippen LogP contribution in [-0.4, -0.2) is 53.8 Å². The maximum absolute atomic E-state index is 12.5. The quantitative estimate of drug-likeness (QED) is 0.818. The average molecular weight is 309 g/mol. The number of nitrogens with one attached hydrogen (secondary N) is 1. The average Bonchev–Trinajstić information content (AvgIpc) is 2.37. The lowest BCUT2D eigenvalue weighted by Crippen LogP contribution is -2.47. The van der Waals surface area contributed by atoms with Crippen LogP contribution in [-0.2, 0) is 9.59 Å². The Hall–Kier alpha value is -1.36. The summed E-state index contributed by atoms with van der Waals surface area (Å²) in [7, 11) is 1.81. The van der Waals surface area contributed by atoms with E-state index < -0.39 is 0 Å². The van der Waals surface area contributed by atoms with Crippen LogP contribution in [0.2, 0.25) is 0 Å². The Kier molecular flexibility index (Phi) is 7.07. The van der Waals surface area contributed by atoms with E-state index in [4.69, 9.17) is 0 Å². The predicted octanol–water partition coefficient (Wildman–Crippen LogP) is 2.14. The Bertz CT molecular complexity index is 424. The normalized spacial score (nSPS) is 15.5. The number of carbonyl (C=O) groups excluding carboxylic acids is 2. The molecular weight excluding hydrogens is 278 g/mol. The van der Waals surface area contributed by atoms with Crippen molar-refractivity contribution in [2.75, 3.05) is 26.7 Å². The third kappa shape index (κ3) is 6.60. The molecule has 0 spiro atoms. The highest BCUT2D eigenvalue weighted by Crippen LogP contribution is 2.20. The summed E-state index contributed by atoms with van der Waals surface area (Å²) in [6.45, 7) is 9.04. The minimum Gasteiger partial charge on any atom is -0.350 e.